The molecule has 0 bridgehead atoms. The first kappa shape index (κ1) is 25.5. The number of alkyl halides is 3. The van der Waals surface area contributed by atoms with Gasteiger partial charge in [-0.15, -0.1) is 0 Å². The summed E-state index contributed by atoms with van der Waals surface area (Å²) in [5.74, 6) is 2.01. The van der Waals surface area contributed by atoms with Gasteiger partial charge in [0.2, 0.25) is 0 Å². The van der Waals surface area contributed by atoms with Crippen LogP contribution in [0.5, 0.6) is 0 Å². The molecule has 0 aliphatic heterocycles. The average molecular weight is 462 g/mol. The summed E-state index contributed by atoms with van der Waals surface area (Å²) in [5.41, 5.74) is 0.495. The fourth-order valence-electron chi connectivity index (χ4n) is 5.63. The van der Waals surface area contributed by atoms with Crippen molar-refractivity contribution in [3.05, 3.63) is 59.4 Å². The van der Waals surface area contributed by atoms with Crippen molar-refractivity contribution in [2.45, 2.75) is 89.1 Å². The molecule has 0 spiro atoms. The maximum absolute atomic E-state index is 12.8. The van der Waals surface area contributed by atoms with Crippen molar-refractivity contribution < 1.29 is 17.6 Å². The van der Waals surface area contributed by atoms with Crippen LogP contribution in [0.15, 0.2) is 48.3 Å². The van der Waals surface area contributed by atoms with Crippen LogP contribution in [-0.2, 0) is 6.18 Å². The molecular formula is C28H35F4N. The van der Waals surface area contributed by atoms with E-state index in [1.54, 1.807) is 18.2 Å². The van der Waals surface area contributed by atoms with Crippen molar-refractivity contribution in [2.24, 2.45) is 17.8 Å². The number of halogens is 4. The normalized spacial score (nSPS) is 26.9. The number of rotatable bonds is 8. The smallest absolute Gasteiger partial charge is 0.195 e. The Bertz CT molecular complexity index is 815. The molecule has 1 nitrogen and oxygen atoms in total. The van der Waals surface area contributed by atoms with E-state index in [1.165, 1.54) is 75.6 Å². The molecule has 33 heavy (non-hydrogen) atoms. The molecule has 0 N–H and O–H groups in total. The third-order valence-corrected chi connectivity index (χ3v) is 7.73. The van der Waals surface area contributed by atoms with Crippen molar-refractivity contribution in [3.8, 4) is 6.07 Å². The zero-order valence-corrected chi connectivity index (χ0v) is 19.3. The SMILES string of the molecule is N#C/C(F)=C/C=C/CC[C@H]1CC[C@H](CC[C@H]2CC[C@H](c3ccc(C(F)(F)F)cc3)CC2)CC1. The molecule has 2 fully saturated rings. The summed E-state index contributed by atoms with van der Waals surface area (Å²) < 4.78 is 51.0. The summed E-state index contributed by atoms with van der Waals surface area (Å²) in [5, 5.41) is 8.38. The quantitative estimate of drug-likeness (QED) is 0.215. The third-order valence-electron chi connectivity index (χ3n) is 7.73. The lowest BCUT2D eigenvalue weighted by molar-refractivity contribution is -0.137. The number of benzene rings is 1. The van der Waals surface area contributed by atoms with Crippen LogP contribution in [0.1, 0.15) is 94.1 Å². The standard InChI is InChI=1S/C28H35F4N/c29-27(20-33)5-3-1-2-4-21-6-8-22(9-7-21)10-11-23-12-14-24(15-13-23)25-16-18-26(19-17-25)28(30,31)32/h1,3,5,16-19,21-24H,2,4,6-15H2/b3-1+,27-5-/t21-,22-,23-,24-. The molecular weight excluding hydrogens is 426 g/mol. The van der Waals surface area contributed by atoms with Gasteiger partial charge in [-0.2, -0.15) is 22.8 Å². The van der Waals surface area contributed by atoms with E-state index in [0.29, 0.717) is 5.92 Å². The Morgan fingerprint density at radius 2 is 1.36 bits per heavy atom. The number of allylic oxidation sites excluding steroid dienone is 4. The van der Waals surface area contributed by atoms with Gasteiger partial charge in [0.05, 0.1) is 5.56 Å². The molecule has 0 aromatic heterocycles. The van der Waals surface area contributed by atoms with Gasteiger partial charge in [-0.05, 0) is 86.0 Å². The molecule has 3 rings (SSSR count). The largest absolute Gasteiger partial charge is 0.416 e. The van der Waals surface area contributed by atoms with Gasteiger partial charge in [-0.25, -0.2) is 0 Å². The molecule has 0 amide bonds. The van der Waals surface area contributed by atoms with Crippen molar-refractivity contribution in [3.63, 3.8) is 0 Å². The van der Waals surface area contributed by atoms with Crippen molar-refractivity contribution in [1.82, 2.24) is 0 Å². The van der Waals surface area contributed by atoms with E-state index >= 15 is 0 Å². The Hall–Kier alpha value is -2.09. The Balaban J connectivity index is 1.30. The Kier molecular flexibility index (Phi) is 9.59. The van der Waals surface area contributed by atoms with E-state index in [9.17, 15) is 17.6 Å². The molecule has 0 unspecified atom stereocenters. The van der Waals surface area contributed by atoms with Gasteiger partial charge in [-0.3, -0.25) is 0 Å². The highest BCUT2D eigenvalue weighted by Crippen LogP contribution is 2.41. The van der Waals surface area contributed by atoms with Crippen molar-refractivity contribution in [2.75, 3.05) is 0 Å². The van der Waals surface area contributed by atoms with Gasteiger partial charge in [0, 0.05) is 0 Å². The highest BCUT2D eigenvalue weighted by atomic mass is 19.4. The lowest BCUT2D eigenvalue weighted by Gasteiger charge is -2.32. The molecule has 0 atom stereocenters. The maximum atomic E-state index is 12.8. The van der Waals surface area contributed by atoms with E-state index in [-0.39, 0.29) is 0 Å². The predicted molar refractivity (Wildman–Crippen MR) is 124 cm³/mol. The number of nitriles is 1. The Labute approximate surface area is 195 Å². The molecule has 2 aliphatic carbocycles. The van der Waals surface area contributed by atoms with Crippen LogP contribution in [0.2, 0.25) is 0 Å². The molecule has 1 aromatic carbocycles. The second-order valence-electron chi connectivity index (χ2n) is 9.93. The topological polar surface area (TPSA) is 23.8 Å². The van der Waals surface area contributed by atoms with Crippen LogP contribution in [0.4, 0.5) is 17.6 Å². The summed E-state index contributed by atoms with van der Waals surface area (Å²) in [6, 6.07) is 7.25. The van der Waals surface area contributed by atoms with Gasteiger partial charge in [0.25, 0.3) is 0 Å². The minimum Gasteiger partial charge on any atom is -0.195 e. The van der Waals surface area contributed by atoms with E-state index in [0.717, 1.165) is 49.0 Å². The van der Waals surface area contributed by atoms with Gasteiger partial charge in [-0.1, -0.05) is 62.8 Å². The first-order valence-corrected chi connectivity index (χ1v) is 12.4. The summed E-state index contributed by atoms with van der Waals surface area (Å²) in [6.45, 7) is 0. The summed E-state index contributed by atoms with van der Waals surface area (Å²) in [6.07, 6.45) is 14.9. The van der Waals surface area contributed by atoms with Gasteiger partial charge >= 0.3 is 6.18 Å². The van der Waals surface area contributed by atoms with Crippen LogP contribution in [0.3, 0.4) is 0 Å². The summed E-state index contributed by atoms with van der Waals surface area (Å²) in [7, 11) is 0. The van der Waals surface area contributed by atoms with Crippen LogP contribution in [-0.4, -0.2) is 0 Å². The third kappa shape index (κ3) is 8.32. The van der Waals surface area contributed by atoms with E-state index in [1.807, 2.05) is 6.08 Å². The molecule has 0 heterocycles. The van der Waals surface area contributed by atoms with Crippen LogP contribution >= 0.6 is 0 Å². The Morgan fingerprint density at radius 1 is 0.848 bits per heavy atom. The first-order chi connectivity index (χ1) is 15.8. The van der Waals surface area contributed by atoms with Crippen molar-refractivity contribution >= 4 is 0 Å². The summed E-state index contributed by atoms with van der Waals surface area (Å²) >= 11 is 0. The lowest BCUT2D eigenvalue weighted by atomic mass is 9.74. The van der Waals surface area contributed by atoms with Gasteiger partial charge < -0.3 is 0 Å². The summed E-state index contributed by atoms with van der Waals surface area (Å²) in [4.78, 5) is 0. The van der Waals surface area contributed by atoms with Crippen molar-refractivity contribution in [1.29, 1.82) is 5.26 Å². The lowest BCUT2D eigenvalue weighted by Crippen LogP contribution is -2.18. The highest BCUT2D eigenvalue weighted by molar-refractivity contribution is 5.27. The molecule has 2 aliphatic rings. The van der Waals surface area contributed by atoms with E-state index in [4.69, 9.17) is 5.26 Å². The molecule has 1 aromatic rings. The molecule has 0 radical (unpaired) electrons. The van der Waals surface area contributed by atoms with Gasteiger partial charge in [0.1, 0.15) is 6.07 Å². The zero-order chi connectivity index (χ0) is 23.7. The average Bonchev–Trinajstić information content (AvgIpc) is 2.83. The van der Waals surface area contributed by atoms with Crippen LogP contribution in [0.25, 0.3) is 0 Å². The predicted octanol–water partition coefficient (Wildman–Crippen LogP) is 9.28. The van der Waals surface area contributed by atoms with Crippen LogP contribution < -0.4 is 0 Å². The van der Waals surface area contributed by atoms with E-state index in [2.05, 4.69) is 0 Å². The van der Waals surface area contributed by atoms with Gasteiger partial charge in [0.15, 0.2) is 5.83 Å². The zero-order valence-electron chi connectivity index (χ0n) is 19.3. The monoisotopic (exact) mass is 461 g/mol. The van der Waals surface area contributed by atoms with Crippen LogP contribution in [0, 0.1) is 29.1 Å². The number of nitrogens with zero attached hydrogens (tertiary/aromatic N) is 1. The molecule has 0 saturated heterocycles. The first-order valence-electron chi connectivity index (χ1n) is 12.4. The molecule has 5 heteroatoms. The minimum atomic E-state index is -4.26. The Morgan fingerprint density at radius 3 is 1.88 bits per heavy atom. The number of hydrogen-bond donors (Lipinski definition) is 0. The van der Waals surface area contributed by atoms with E-state index < -0.39 is 17.6 Å². The second kappa shape index (κ2) is 12.4. The fourth-order valence-corrected chi connectivity index (χ4v) is 5.63. The second-order valence-corrected chi connectivity index (χ2v) is 9.93. The highest BCUT2D eigenvalue weighted by Gasteiger charge is 2.31. The molecule has 2 saturated carbocycles. The fraction of sp³-hybridized carbons (Fsp3) is 0.607. The minimum absolute atomic E-state index is 0.403. The maximum Gasteiger partial charge on any atom is 0.416 e. The number of hydrogen-bond acceptors (Lipinski definition) is 1. The molecule has 180 valence electrons.